The molecule has 0 aromatic heterocycles. The van der Waals surface area contributed by atoms with E-state index in [0.29, 0.717) is 19.4 Å². The number of hydrogen-bond donors (Lipinski definition) is 0. The number of hydrogen-bond acceptors (Lipinski definition) is 4. The summed E-state index contributed by atoms with van der Waals surface area (Å²) in [6.45, 7) is 3.89. The number of carboxylic acid groups (broad SMARTS) is 1. The molecule has 1 atom stereocenters. The van der Waals surface area contributed by atoms with Crippen LogP contribution in [0.2, 0.25) is 0 Å². The molecule has 0 bridgehead atoms. The van der Waals surface area contributed by atoms with Gasteiger partial charge in [-0.15, -0.1) is 0 Å². The van der Waals surface area contributed by atoms with E-state index in [1.807, 2.05) is 0 Å². The molecule has 1 heterocycles. The third kappa shape index (κ3) is 2.25. The molecule has 0 N–H and O–H groups in total. The number of carbonyl (C=O) groups is 2. The fraction of sp³-hybridized carbons (Fsp3) is 0.556. The summed E-state index contributed by atoms with van der Waals surface area (Å²) in [6.07, 6.45) is 1.92. The minimum Gasteiger partial charge on any atom is -0.548 e. The topological polar surface area (TPSA) is 69.7 Å². The fourth-order valence-corrected chi connectivity index (χ4v) is 1.44. The van der Waals surface area contributed by atoms with Crippen molar-refractivity contribution in [3.8, 4) is 0 Å². The second kappa shape index (κ2) is 4.64. The molecule has 1 aliphatic heterocycles. The molecule has 1 fully saturated rings. The fourth-order valence-electron chi connectivity index (χ4n) is 1.44. The average molecular weight is 198 g/mol. The highest BCUT2D eigenvalue weighted by atomic mass is 16.6. The van der Waals surface area contributed by atoms with Crippen molar-refractivity contribution < 1.29 is 19.4 Å². The molecule has 1 rings (SSSR count). The molecule has 5 nitrogen and oxygen atoms in total. The van der Waals surface area contributed by atoms with Gasteiger partial charge in [0.15, 0.2) is 0 Å². The molecule has 14 heavy (non-hydrogen) atoms. The van der Waals surface area contributed by atoms with Gasteiger partial charge in [0.05, 0.1) is 12.0 Å². The molecule has 0 aliphatic carbocycles. The van der Waals surface area contributed by atoms with Crippen molar-refractivity contribution in [3.05, 3.63) is 12.7 Å². The first-order valence-corrected chi connectivity index (χ1v) is 4.42. The number of nitrogens with zero attached hydrogens (tertiary/aromatic N) is 1. The molecule has 0 aromatic carbocycles. The number of ether oxygens (including phenoxy) is 1. The minimum absolute atomic E-state index is 0.0924. The zero-order valence-electron chi connectivity index (χ0n) is 7.77. The van der Waals surface area contributed by atoms with E-state index in [4.69, 9.17) is 4.74 Å². The predicted molar refractivity (Wildman–Crippen MR) is 46.3 cm³/mol. The van der Waals surface area contributed by atoms with Crippen molar-refractivity contribution >= 4 is 12.1 Å². The number of carbonyl (C=O) groups excluding carboxylic acids is 2. The van der Waals surface area contributed by atoms with Crippen molar-refractivity contribution in [1.82, 2.24) is 4.90 Å². The van der Waals surface area contributed by atoms with E-state index in [-0.39, 0.29) is 6.61 Å². The molecule has 0 saturated carbocycles. The van der Waals surface area contributed by atoms with Gasteiger partial charge in [-0.25, -0.2) is 4.79 Å². The lowest BCUT2D eigenvalue weighted by atomic mass is 10.2. The van der Waals surface area contributed by atoms with Gasteiger partial charge in [-0.3, -0.25) is 4.90 Å². The second-order valence-corrected chi connectivity index (χ2v) is 3.04. The highest BCUT2D eigenvalue weighted by molar-refractivity contribution is 5.79. The lowest BCUT2D eigenvalue weighted by Crippen LogP contribution is -2.47. The van der Waals surface area contributed by atoms with Crippen LogP contribution < -0.4 is 5.11 Å². The minimum atomic E-state index is -1.22. The van der Waals surface area contributed by atoms with Gasteiger partial charge in [-0.05, 0) is 12.8 Å². The third-order valence-corrected chi connectivity index (χ3v) is 2.08. The molecule has 0 radical (unpaired) electrons. The average Bonchev–Trinajstić information content (AvgIpc) is 2.62. The van der Waals surface area contributed by atoms with Crippen LogP contribution in [0.1, 0.15) is 12.8 Å². The number of carboxylic acids is 1. The summed E-state index contributed by atoms with van der Waals surface area (Å²) in [5.41, 5.74) is 0. The molecule has 1 saturated heterocycles. The Balaban J connectivity index is 2.53. The van der Waals surface area contributed by atoms with E-state index >= 15 is 0 Å². The molecule has 1 unspecified atom stereocenters. The maximum atomic E-state index is 11.3. The lowest BCUT2D eigenvalue weighted by molar-refractivity contribution is -0.310. The van der Waals surface area contributed by atoms with Gasteiger partial charge in [0.1, 0.15) is 6.61 Å². The van der Waals surface area contributed by atoms with E-state index < -0.39 is 18.1 Å². The molecule has 78 valence electrons. The van der Waals surface area contributed by atoms with Crippen molar-refractivity contribution in [2.45, 2.75) is 18.9 Å². The Kier molecular flexibility index (Phi) is 3.50. The molecular formula is C9H12NO4-. The van der Waals surface area contributed by atoms with Crippen LogP contribution in [0.4, 0.5) is 4.79 Å². The largest absolute Gasteiger partial charge is 0.548 e. The molecule has 5 heteroatoms. The molecule has 0 spiro atoms. The normalized spacial score (nSPS) is 20.6. The van der Waals surface area contributed by atoms with E-state index in [0.717, 1.165) is 0 Å². The molecular weight excluding hydrogens is 186 g/mol. The van der Waals surface area contributed by atoms with Crippen LogP contribution in [0.15, 0.2) is 12.7 Å². The van der Waals surface area contributed by atoms with Gasteiger partial charge in [0, 0.05) is 6.54 Å². The molecule has 1 aliphatic rings. The summed E-state index contributed by atoms with van der Waals surface area (Å²) < 4.78 is 4.73. The SMILES string of the molecule is C=CCOC(=O)N1CCCC1C(=O)[O-]. The monoisotopic (exact) mass is 198 g/mol. The van der Waals surface area contributed by atoms with E-state index in [1.54, 1.807) is 0 Å². The smallest absolute Gasteiger partial charge is 0.410 e. The first-order valence-electron chi connectivity index (χ1n) is 4.42. The van der Waals surface area contributed by atoms with Crippen LogP contribution in [0.25, 0.3) is 0 Å². The Labute approximate surface area is 82.0 Å². The Morgan fingerprint density at radius 3 is 2.93 bits per heavy atom. The lowest BCUT2D eigenvalue weighted by Gasteiger charge is -2.24. The summed E-state index contributed by atoms with van der Waals surface area (Å²) in [4.78, 5) is 23.1. The van der Waals surface area contributed by atoms with Crippen LogP contribution in [-0.2, 0) is 9.53 Å². The molecule has 1 amide bonds. The van der Waals surface area contributed by atoms with Gasteiger partial charge in [-0.1, -0.05) is 12.7 Å². The summed E-state index contributed by atoms with van der Waals surface area (Å²) >= 11 is 0. The van der Waals surface area contributed by atoms with Crippen LogP contribution in [0, 0.1) is 0 Å². The number of amides is 1. The Morgan fingerprint density at radius 1 is 1.64 bits per heavy atom. The highest BCUT2D eigenvalue weighted by Gasteiger charge is 2.30. The van der Waals surface area contributed by atoms with Gasteiger partial charge >= 0.3 is 6.09 Å². The van der Waals surface area contributed by atoms with Crippen LogP contribution in [0.5, 0.6) is 0 Å². The quantitative estimate of drug-likeness (QED) is 0.574. The maximum Gasteiger partial charge on any atom is 0.410 e. The zero-order chi connectivity index (χ0) is 10.6. The predicted octanol–water partition coefficient (Wildman–Crippen LogP) is -0.477. The van der Waals surface area contributed by atoms with E-state index in [2.05, 4.69) is 6.58 Å². The Morgan fingerprint density at radius 2 is 2.36 bits per heavy atom. The van der Waals surface area contributed by atoms with Gasteiger partial charge in [-0.2, -0.15) is 0 Å². The van der Waals surface area contributed by atoms with Gasteiger partial charge in [0.2, 0.25) is 0 Å². The zero-order valence-corrected chi connectivity index (χ0v) is 7.77. The van der Waals surface area contributed by atoms with Crippen molar-refractivity contribution in [3.63, 3.8) is 0 Å². The van der Waals surface area contributed by atoms with Gasteiger partial charge in [0.25, 0.3) is 0 Å². The molecule has 0 aromatic rings. The van der Waals surface area contributed by atoms with Crippen LogP contribution in [-0.4, -0.2) is 36.2 Å². The summed E-state index contributed by atoms with van der Waals surface area (Å²) in [7, 11) is 0. The standard InChI is InChI=1S/C9H13NO4/c1-2-6-14-9(13)10-5-3-4-7(10)8(11)12/h2,7H,1,3-6H2,(H,11,12)/p-1. The maximum absolute atomic E-state index is 11.3. The van der Waals surface area contributed by atoms with Crippen LogP contribution in [0.3, 0.4) is 0 Å². The number of rotatable bonds is 3. The number of aliphatic carboxylic acids is 1. The van der Waals surface area contributed by atoms with E-state index in [9.17, 15) is 14.7 Å². The van der Waals surface area contributed by atoms with Crippen molar-refractivity contribution in [1.29, 1.82) is 0 Å². The Bertz CT molecular complexity index is 251. The first-order chi connectivity index (χ1) is 6.66. The highest BCUT2D eigenvalue weighted by Crippen LogP contribution is 2.17. The Hall–Kier alpha value is -1.52. The third-order valence-electron chi connectivity index (χ3n) is 2.08. The first kappa shape index (κ1) is 10.6. The van der Waals surface area contributed by atoms with Crippen molar-refractivity contribution in [2.75, 3.05) is 13.2 Å². The summed E-state index contributed by atoms with van der Waals surface area (Å²) in [5, 5.41) is 10.6. The number of likely N-dealkylation sites (tertiary alicyclic amines) is 1. The summed E-state index contributed by atoms with van der Waals surface area (Å²) in [6, 6.07) is -0.840. The van der Waals surface area contributed by atoms with E-state index in [1.165, 1.54) is 11.0 Å². The van der Waals surface area contributed by atoms with Crippen molar-refractivity contribution in [2.24, 2.45) is 0 Å². The van der Waals surface area contributed by atoms with Crippen LogP contribution >= 0.6 is 0 Å². The van der Waals surface area contributed by atoms with Gasteiger partial charge < -0.3 is 14.6 Å². The summed E-state index contributed by atoms with van der Waals surface area (Å²) in [5.74, 6) is -1.22. The second-order valence-electron chi connectivity index (χ2n) is 3.04.